The number of hydrogen-bond acceptors (Lipinski definition) is 5. The van der Waals surface area contributed by atoms with E-state index in [2.05, 4.69) is 15.3 Å². The Bertz CT molecular complexity index is 605. The molecule has 2 aromatic rings. The van der Waals surface area contributed by atoms with Crippen molar-refractivity contribution in [3.8, 4) is 17.0 Å². The normalized spacial score (nSPS) is 19.4. The van der Waals surface area contributed by atoms with Crippen molar-refractivity contribution in [1.82, 2.24) is 20.0 Å². The van der Waals surface area contributed by atoms with E-state index < -0.39 is 0 Å². The van der Waals surface area contributed by atoms with Crippen LogP contribution in [0, 0.1) is 0 Å². The van der Waals surface area contributed by atoms with Gasteiger partial charge in [-0.2, -0.15) is 0 Å². The van der Waals surface area contributed by atoms with Crippen molar-refractivity contribution >= 4 is 0 Å². The summed E-state index contributed by atoms with van der Waals surface area (Å²) in [7, 11) is 0. The highest BCUT2D eigenvalue weighted by Crippen LogP contribution is 2.27. The largest absolute Gasteiger partial charge is 0.489 e. The van der Waals surface area contributed by atoms with Crippen LogP contribution < -0.4 is 4.74 Å². The summed E-state index contributed by atoms with van der Waals surface area (Å²) in [6, 6.07) is 2.30. The lowest BCUT2D eigenvalue weighted by Crippen LogP contribution is -2.30. The van der Waals surface area contributed by atoms with Gasteiger partial charge in [0.2, 0.25) is 0 Å². The summed E-state index contributed by atoms with van der Waals surface area (Å²) in [6.45, 7) is 1.43. The van der Waals surface area contributed by atoms with Crippen LogP contribution in [0.3, 0.4) is 0 Å². The molecular formula is C14H16N4O2. The Kier molecular flexibility index (Phi) is 2.88. The fourth-order valence-corrected chi connectivity index (χ4v) is 2.27. The predicted octanol–water partition coefficient (Wildman–Crippen LogP) is 1.84. The molecule has 20 heavy (non-hydrogen) atoms. The second-order valence-corrected chi connectivity index (χ2v) is 5.36. The molecule has 104 valence electrons. The van der Waals surface area contributed by atoms with Crippen LogP contribution in [0.4, 0.5) is 0 Å². The monoisotopic (exact) mass is 272 g/mol. The third-order valence-corrected chi connectivity index (χ3v) is 3.87. The molecule has 0 bridgehead atoms. The first kappa shape index (κ1) is 11.8. The zero-order valence-corrected chi connectivity index (χ0v) is 11.1. The molecule has 0 atom stereocenters. The Labute approximate surface area is 116 Å². The van der Waals surface area contributed by atoms with Gasteiger partial charge in [-0.1, -0.05) is 5.21 Å². The van der Waals surface area contributed by atoms with Crippen LogP contribution in [0.5, 0.6) is 5.75 Å². The van der Waals surface area contributed by atoms with Crippen molar-refractivity contribution in [1.29, 1.82) is 0 Å². The van der Waals surface area contributed by atoms with Gasteiger partial charge in [-0.3, -0.25) is 4.98 Å². The first-order chi connectivity index (χ1) is 9.88. The van der Waals surface area contributed by atoms with E-state index in [1.165, 1.54) is 6.42 Å². The quantitative estimate of drug-likeness (QED) is 0.850. The number of pyridine rings is 1. The predicted molar refractivity (Wildman–Crippen MR) is 71.4 cm³/mol. The summed E-state index contributed by atoms with van der Waals surface area (Å²) in [5, 5.41) is 8.36. The van der Waals surface area contributed by atoms with Gasteiger partial charge in [-0.15, -0.1) is 5.10 Å². The Morgan fingerprint density at radius 3 is 2.85 bits per heavy atom. The van der Waals surface area contributed by atoms with Crippen LogP contribution >= 0.6 is 0 Å². The van der Waals surface area contributed by atoms with Gasteiger partial charge in [0, 0.05) is 11.8 Å². The van der Waals surface area contributed by atoms with Crippen LogP contribution in [-0.2, 0) is 4.74 Å². The fourth-order valence-electron chi connectivity index (χ4n) is 2.27. The fraction of sp³-hybridized carbons (Fsp3) is 0.500. The SMILES string of the molecule is c1ncc(-c2cn(C3COC3)nn2)cc1OC1CCC1. The number of ether oxygens (including phenoxy) is 2. The molecule has 0 radical (unpaired) electrons. The van der Waals surface area contributed by atoms with Gasteiger partial charge < -0.3 is 9.47 Å². The third-order valence-electron chi connectivity index (χ3n) is 3.87. The minimum atomic E-state index is 0.318. The molecule has 3 heterocycles. The summed E-state index contributed by atoms with van der Waals surface area (Å²) >= 11 is 0. The smallest absolute Gasteiger partial charge is 0.138 e. The van der Waals surface area contributed by atoms with Crippen molar-refractivity contribution in [3.05, 3.63) is 24.7 Å². The van der Waals surface area contributed by atoms with Crippen molar-refractivity contribution < 1.29 is 9.47 Å². The maximum atomic E-state index is 5.86. The van der Waals surface area contributed by atoms with Gasteiger partial charge >= 0.3 is 0 Å². The minimum absolute atomic E-state index is 0.318. The van der Waals surface area contributed by atoms with Gasteiger partial charge in [0.05, 0.1) is 31.7 Å². The van der Waals surface area contributed by atoms with Gasteiger partial charge in [-0.25, -0.2) is 4.68 Å². The molecule has 0 unspecified atom stereocenters. The lowest BCUT2D eigenvalue weighted by molar-refractivity contribution is -0.0293. The minimum Gasteiger partial charge on any atom is -0.489 e. The highest BCUT2D eigenvalue weighted by atomic mass is 16.5. The first-order valence-corrected chi connectivity index (χ1v) is 7.00. The van der Waals surface area contributed by atoms with Gasteiger partial charge in [0.1, 0.15) is 17.5 Å². The van der Waals surface area contributed by atoms with E-state index in [0.717, 1.165) is 29.8 Å². The Morgan fingerprint density at radius 2 is 2.15 bits per heavy atom. The van der Waals surface area contributed by atoms with Crippen molar-refractivity contribution in [2.24, 2.45) is 0 Å². The molecule has 1 aliphatic carbocycles. The van der Waals surface area contributed by atoms with E-state index in [-0.39, 0.29) is 0 Å². The van der Waals surface area contributed by atoms with Crippen molar-refractivity contribution in [2.45, 2.75) is 31.4 Å². The molecule has 2 aliphatic rings. The van der Waals surface area contributed by atoms with Crippen molar-refractivity contribution in [2.75, 3.05) is 13.2 Å². The number of hydrogen-bond donors (Lipinski definition) is 0. The molecular weight excluding hydrogens is 256 g/mol. The maximum Gasteiger partial charge on any atom is 0.138 e. The van der Waals surface area contributed by atoms with Gasteiger partial charge in [-0.05, 0) is 25.3 Å². The van der Waals surface area contributed by atoms with Gasteiger partial charge in [0.25, 0.3) is 0 Å². The van der Waals surface area contributed by atoms with E-state index in [1.54, 1.807) is 12.4 Å². The van der Waals surface area contributed by atoms with E-state index in [9.17, 15) is 0 Å². The standard InChI is InChI=1S/C14H16N4O2/c1-2-12(3-1)20-13-4-10(5-15-6-13)14-7-18(17-16-14)11-8-19-9-11/h4-7,11-12H,1-3,8-9H2. The van der Waals surface area contributed by atoms with Crippen LogP contribution in [-0.4, -0.2) is 39.3 Å². The molecule has 2 aromatic heterocycles. The maximum absolute atomic E-state index is 5.86. The average molecular weight is 272 g/mol. The topological polar surface area (TPSA) is 62.1 Å². The molecule has 4 rings (SSSR count). The molecule has 0 spiro atoms. The Balaban J connectivity index is 1.54. The molecule has 6 nitrogen and oxygen atoms in total. The van der Waals surface area contributed by atoms with E-state index in [1.807, 2.05) is 16.9 Å². The summed E-state index contributed by atoms with van der Waals surface area (Å²) in [4.78, 5) is 4.23. The van der Waals surface area contributed by atoms with E-state index in [0.29, 0.717) is 25.4 Å². The first-order valence-electron chi connectivity index (χ1n) is 7.00. The van der Waals surface area contributed by atoms with E-state index >= 15 is 0 Å². The molecule has 0 amide bonds. The molecule has 0 aromatic carbocycles. The average Bonchev–Trinajstić information content (AvgIpc) is 2.81. The molecule has 0 N–H and O–H groups in total. The van der Waals surface area contributed by atoms with Crippen LogP contribution in [0.25, 0.3) is 11.3 Å². The van der Waals surface area contributed by atoms with Crippen LogP contribution in [0.1, 0.15) is 25.3 Å². The zero-order chi connectivity index (χ0) is 13.4. The summed E-state index contributed by atoms with van der Waals surface area (Å²) < 4.78 is 12.9. The lowest BCUT2D eigenvalue weighted by Gasteiger charge is -2.26. The molecule has 1 saturated carbocycles. The highest BCUT2D eigenvalue weighted by molar-refractivity contribution is 5.58. The number of aromatic nitrogens is 4. The van der Waals surface area contributed by atoms with Gasteiger partial charge in [0.15, 0.2) is 0 Å². The third kappa shape index (κ3) is 2.16. The zero-order valence-electron chi connectivity index (χ0n) is 11.1. The van der Waals surface area contributed by atoms with E-state index in [4.69, 9.17) is 9.47 Å². The summed E-state index contributed by atoms with van der Waals surface area (Å²) in [6.07, 6.45) is 9.39. The molecule has 2 fully saturated rings. The molecule has 1 aliphatic heterocycles. The Morgan fingerprint density at radius 1 is 1.25 bits per heavy atom. The van der Waals surface area contributed by atoms with Crippen molar-refractivity contribution in [3.63, 3.8) is 0 Å². The van der Waals surface area contributed by atoms with Crippen LogP contribution in [0.2, 0.25) is 0 Å². The molecule has 1 saturated heterocycles. The Hall–Kier alpha value is -1.95. The summed E-state index contributed by atoms with van der Waals surface area (Å²) in [5.41, 5.74) is 1.76. The second kappa shape index (κ2) is 4.86. The number of rotatable bonds is 4. The lowest BCUT2D eigenvalue weighted by atomic mass is 9.96. The number of nitrogens with zero attached hydrogens (tertiary/aromatic N) is 4. The van der Waals surface area contributed by atoms with Crippen LogP contribution in [0.15, 0.2) is 24.7 Å². The summed E-state index contributed by atoms with van der Waals surface area (Å²) in [5.74, 6) is 0.814. The highest BCUT2D eigenvalue weighted by Gasteiger charge is 2.22. The second-order valence-electron chi connectivity index (χ2n) is 5.36. The molecule has 6 heteroatoms.